The van der Waals surface area contributed by atoms with Gasteiger partial charge >= 0.3 is 80.9 Å². The number of hydrogen-bond acceptors (Lipinski definition) is 5. The molecule has 0 saturated carbocycles. The van der Waals surface area contributed by atoms with Crippen molar-refractivity contribution in [2.45, 2.75) is 6.92 Å². The van der Waals surface area contributed by atoms with Crippen LogP contribution in [-0.4, -0.2) is 11.1 Å². The molecule has 0 saturated heterocycles. The smallest absolute Gasteiger partial charge is 0.550 e. The molecule has 0 spiro atoms. The molecule has 0 aliphatic carbocycles. The maximum absolute atomic E-state index is 8.89. The summed E-state index contributed by atoms with van der Waals surface area (Å²) in [6, 6.07) is 0. The maximum atomic E-state index is 8.89. The van der Waals surface area contributed by atoms with Gasteiger partial charge in [-0.25, -0.2) is 0 Å². The first kappa shape index (κ1) is 22.5. The van der Waals surface area contributed by atoms with E-state index in [1.54, 1.807) is 0 Å². The minimum atomic E-state index is -1.75. The van der Waals surface area contributed by atoms with Crippen LogP contribution in [0, 0.1) is 15.3 Å². The van der Waals surface area contributed by atoms with Gasteiger partial charge in [0.1, 0.15) is 0 Å². The van der Waals surface area contributed by atoms with Gasteiger partial charge in [-0.2, -0.15) is 0 Å². The Labute approximate surface area is 122 Å². The summed E-state index contributed by atoms with van der Waals surface area (Å²) in [4.78, 5) is 17.1. The van der Waals surface area contributed by atoms with Gasteiger partial charge in [-0.15, -0.1) is 0 Å². The van der Waals surface area contributed by atoms with Crippen molar-refractivity contribution in [3.05, 3.63) is 15.3 Å². The summed E-state index contributed by atoms with van der Waals surface area (Å²) in [5, 5.41) is 23.6. The molecule has 0 heterocycles. The predicted molar refractivity (Wildman–Crippen MR) is 21.0 cm³/mol. The van der Waals surface area contributed by atoms with Crippen LogP contribution < -0.4 is 86.0 Å². The molecule has 0 rings (SSSR count). The number of carbonyl (C=O) groups excluding carboxylic acids is 1. The molecule has 0 fully saturated rings. The van der Waals surface area contributed by atoms with E-state index in [1.807, 2.05) is 0 Å². The van der Waals surface area contributed by atoms with Crippen LogP contribution in [-0.2, 0) is 4.79 Å². The Morgan fingerprint density at radius 2 is 1.40 bits per heavy atom. The van der Waals surface area contributed by atoms with Gasteiger partial charge in [0.05, 0.1) is 5.09 Å². The molecule has 0 aromatic rings. The number of hydrogen-bond donors (Lipinski definition) is 0. The van der Waals surface area contributed by atoms with Crippen LogP contribution in [0.15, 0.2) is 0 Å². The van der Waals surface area contributed by atoms with Gasteiger partial charge in [-0.3, -0.25) is 0 Å². The molecular weight excluding hydrogens is 180 g/mol. The molecule has 0 unspecified atom stereocenters. The molecule has 0 radical (unpaired) electrons. The molecule has 10 heavy (non-hydrogen) atoms. The van der Waals surface area contributed by atoms with Crippen molar-refractivity contribution >= 4 is 5.97 Å². The second-order valence-corrected chi connectivity index (χ2v) is 0.715. The van der Waals surface area contributed by atoms with Gasteiger partial charge in [-0.05, 0) is 6.92 Å². The average Bonchev–Trinajstić information content (AvgIpc) is 1.25. The molecule has 0 amide bonds. The Balaban J connectivity index is -0.0000000300. The summed E-state index contributed by atoms with van der Waals surface area (Å²) in [5.41, 5.74) is 0. The van der Waals surface area contributed by atoms with E-state index in [0.29, 0.717) is 0 Å². The molecular formula is C2H3KNNaO5. The molecule has 0 aliphatic rings. The van der Waals surface area contributed by atoms with Crippen molar-refractivity contribution in [3.8, 4) is 0 Å². The van der Waals surface area contributed by atoms with Gasteiger partial charge < -0.3 is 25.2 Å². The van der Waals surface area contributed by atoms with Gasteiger partial charge in [0.25, 0.3) is 0 Å². The van der Waals surface area contributed by atoms with Crippen molar-refractivity contribution in [2.24, 2.45) is 0 Å². The van der Waals surface area contributed by atoms with Crippen molar-refractivity contribution in [1.82, 2.24) is 0 Å². The first-order chi connectivity index (χ1) is 3.46. The van der Waals surface area contributed by atoms with Crippen molar-refractivity contribution < 1.29 is 95.9 Å². The minimum absolute atomic E-state index is 0. The van der Waals surface area contributed by atoms with Crippen LogP contribution in [0.2, 0.25) is 0 Å². The largest absolute Gasteiger partial charge is 1.00 e. The molecule has 0 N–H and O–H groups in total. The Kier molecular flexibility index (Phi) is 37.6. The topological polar surface area (TPSA) is 106 Å². The standard InChI is InChI=1S/C2H4O2.K.NO3.Na/c1-2(3)4;;2-1(3)4;/h1H3,(H,3,4);;;/q;+1;-1;+1/p-1. The Bertz CT molecular complexity index is 77.6. The van der Waals surface area contributed by atoms with E-state index in [9.17, 15) is 0 Å². The third-order valence-electron chi connectivity index (χ3n) is 0. The van der Waals surface area contributed by atoms with Crippen molar-refractivity contribution in [3.63, 3.8) is 0 Å². The van der Waals surface area contributed by atoms with Gasteiger partial charge in [0, 0.05) is 5.97 Å². The van der Waals surface area contributed by atoms with Crippen LogP contribution in [0.3, 0.4) is 0 Å². The number of nitrogens with zero attached hydrogens (tertiary/aromatic N) is 1. The van der Waals surface area contributed by atoms with Gasteiger partial charge in [0.15, 0.2) is 0 Å². The normalized spacial score (nSPS) is 4.90. The van der Waals surface area contributed by atoms with E-state index in [0.717, 1.165) is 6.92 Å². The number of carboxylic acid groups (broad SMARTS) is 1. The fourth-order valence-corrected chi connectivity index (χ4v) is 0. The second-order valence-electron chi connectivity index (χ2n) is 0.715. The minimum Gasteiger partial charge on any atom is -0.550 e. The van der Waals surface area contributed by atoms with Crippen LogP contribution in [0.4, 0.5) is 0 Å². The molecule has 0 aliphatic heterocycles. The van der Waals surface area contributed by atoms with Gasteiger partial charge in [0.2, 0.25) is 0 Å². The quantitative estimate of drug-likeness (QED) is 0.210. The first-order valence-corrected chi connectivity index (χ1v) is 1.46. The molecule has 8 heteroatoms. The summed E-state index contributed by atoms with van der Waals surface area (Å²) in [5.74, 6) is -1.08. The fraction of sp³-hybridized carbons (Fsp3) is 0.500. The Hall–Kier alpha value is 1.31. The molecule has 0 bridgehead atoms. The van der Waals surface area contributed by atoms with Crippen LogP contribution >= 0.6 is 0 Å². The number of carboxylic acids is 1. The Morgan fingerprint density at radius 3 is 1.40 bits per heavy atom. The van der Waals surface area contributed by atoms with Crippen LogP contribution in [0.5, 0.6) is 0 Å². The summed E-state index contributed by atoms with van der Waals surface area (Å²) < 4.78 is 0. The third kappa shape index (κ3) is 376. The summed E-state index contributed by atoms with van der Waals surface area (Å²) in [7, 11) is 0. The third-order valence-corrected chi connectivity index (χ3v) is 0. The zero-order valence-electron chi connectivity index (χ0n) is 5.99. The summed E-state index contributed by atoms with van der Waals surface area (Å²) in [6.07, 6.45) is 0. The summed E-state index contributed by atoms with van der Waals surface area (Å²) in [6.45, 7) is 0.972. The SMILES string of the molecule is CC(=O)[O-].O=[N+]([O-])[O-].[K+].[Na+]. The summed E-state index contributed by atoms with van der Waals surface area (Å²) >= 11 is 0. The first-order valence-electron chi connectivity index (χ1n) is 1.46. The zero-order chi connectivity index (χ0) is 7.15. The van der Waals surface area contributed by atoms with E-state index < -0.39 is 11.1 Å². The van der Waals surface area contributed by atoms with Crippen molar-refractivity contribution in [1.29, 1.82) is 0 Å². The Morgan fingerprint density at radius 1 is 1.40 bits per heavy atom. The molecule has 0 aromatic carbocycles. The number of carbonyl (C=O) groups is 1. The zero-order valence-corrected chi connectivity index (χ0v) is 11.1. The molecule has 0 aromatic heterocycles. The van der Waals surface area contributed by atoms with E-state index in [-0.39, 0.29) is 80.9 Å². The monoisotopic (exact) mass is 183 g/mol. The molecule has 48 valence electrons. The average molecular weight is 183 g/mol. The van der Waals surface area contributed by atoms with Crippen molar-refractivity contribution in [2.75, 3.05) is 0 Å². The van der Waals surface area contributed by atoms with E-state index in [1.165, 1.54) is 0 Å². The van der Waals surface area contributed by atoms with E-state index in [2.05, 4.69) is 0 Å². The van der Waals surface area contributed by atoms with E-state index >= 15 is 0 Å². The van der Waals surface area contributed by atoms with E-state index in [4.69, 9.17) is 25.2 Å². The van der Waals surface area contributed by atoms with Gasteiger partial charge in [-0.1, -0.05) is 0 Å². The van der Waals surface area contributed by atoms with Crippen LogP contribution in [0.1, 0.15) is 6.92 Å². The number of aliphatic carboxylic acids is 1. The van der Waals surface area contributed by atoms with Crippen LogP contribution in [0.25, 0.3) is 0 Å². The molecule has 6 nitrogen and oxygen atoms in total. The number of rotatable bonds is 0. The maximum Gasteiger partial charge on any atom is 1.00 e. The second kappa shape index (κ2) is 16.7. The fourth-order valence-electron chi connectivity index (χ4n) is 0. The molecule has 0 atom stereocenters. The predicted octanol–water partition coefficient (Wildman–Crippen LogP) is -7.47.